The molecule has 0 aromatic heterocycles. The van der Waals surface area contributed by atoms with E-state index >= 15 is 0 Å². The fourth-order valence-electron chi connectivity index (χ4n) is 2.21. The van der Waals surface area contributed by atoms with Gasteiger partial charge in [-0.05, 0) is 59.0 Å². The summed E-state index contributed by atoms with van der Waals surface area (Å²) in [4.78, 5) is 0. The predicted molar refractivity (Wildman–Crippen MR) is 88.1 cm³/mol. The zero-order chi connectivity index (χ0) is 14.0. The highest BCUT2D eigenvalue weighted by Gasteiger charge is 2.21. The number of rotatable bonds is 6. The molecular formula is C14H20INO2S. The van der Waals surface area contributed by atoms with Crippen molar-refractivity contribution in [2.24, 2.45) is 5.92 Å². The summed E-state index contributed by atoms with van der Waals surface area (Å²) in [6, 6.07) is 6.06. The Morgan fingerprint density at radius 1 is 1.37 bits per heavy atom. The van der Waals surface area contributed by atoms with E-state index in [0.29, 0.717) is 0 Å². The largest absolute Gasteiger partial charge is 0.273 e. The molecule has 1 aromatic rings. The monoisotopic (exact) mass is 393 g/mol. The molecule has 0 atom stereocenters. The topological polar surface area (TPSA) is 37.4 Å². The first kappa shape index (κ1) is 15.1. The number of anilines is 1. The van der Waals surface area contributed by atoms with Gasteiger partial charge in [-0.1, -0.05) is 25.3 Å². The molecule has 2 rings (SSSR count). The third-order valence-corrected chi connectivity index (χ3v) is 5.50. The molecule has 1 aliphatic carbocycles. The van der Waals surface area contributed by atoms with Crippen molar-refractivity contribution >= 4 is 38.3 Å². The Bertz CT molecular complexity index is 553. The Balaban J connectivity index is 2.16. The Morgan fingerprint density at radius 3 is 2.63 bits per heavy atom. The molecule has 0 bridgehead atoms. The van der Waals surface area contributed by atoms with E-state index < -0.39 is 10.0 Å². The van der Waals surface area contributed by atoms with Gasteiger partial charge in [0, 0.05) is 10.6 Å². The van der Waals surface area contributed by atoms with E-state index in [9.17, 15) is 8.42 Å². The Morgan fingerprint density at radius 2 is 2.05 bits per heavy atom. The lowest BCUT2D eigenvalue weighted by Gasteiger charge is -2.20. The van der Waals surface area contributed by atoms with E-state index in [1.165, 1.54) is 29.8 Å². The molecule has 0 spiro atoms. The first-order valence-electron chi connectivity index (χ1n) is 6.60. The second kappa shape index (κ2) is 5.99. The number of halogens is 1. The van der Waals surface area contributed by atoms with Crippen LogP contribution in [-0.2, 0) is 16.4 Å². The summed E-state index contributed by atoms with van der Waals surface area (Å²) in [5.41, 5.74) is 1.96. The zero-order valence-corrected chi connectivity index (χ0v) is 14.4. The minimum atomic E-state index is -3.19. The van der Waals surface area contributed by atoms with Crippen LogP contribution in [-0.4, -0.2) is 21.7 Å². The maximum Gasteiger partial charge on any atom is 0.232 e. The third kappa shape index (κ3) is 4.34. The van der Waals surface area contributed by atoms with Crippen molar-refractivity contribution in [2.75, 3.05) is 17.6 Å². The molecule has 106 valence electrons. The van der Waals surface area contributed by atoms with Crippen molar-refractivity contribution in [3.05, 3.63) is 27.3 Å². The number of nitrogens with zero attached hydrogens (tertiary/aromatic N) is 1. The maximum absolute atomic E-state index is 11.7. The summed E-state index contributed by atoms with van der Waals surface area (Å²) in [5, 5.41) is 0. The summed E-state index contributed by atoms with van der Waals surface area (Å²) in [7, 11) is -1.56. The molecule has 1 fully saturated rings. The summed E-state index contributed by atoms with van der Waals surface area (Å²) in [6.45, 7) is 0. The van der Waals surface area contributed by atoms with Crippen LogP contribution in [0, 0.1) is 9.49 Å². The van der Waals surface area contributed by atoms with E-state index in [1.54, 1.807) is 7.05 Å². The maximum atomic E-state index is 11.7. The molecule has 0 saturated heterocycles. The van der Waals surface area contributed by atoms with Gasteiger partial charge in [0.05, 0.1) is 11.9 Å². The molecule has 0 heterocycles. The Hall–Kier alpha value is -0.300. The second-order valence-electron chi connectivity index (χ2n) is 5.34. The normalized spacial score (nSPS) is 15.5. The zero-order valence-electron chi connectivity index (χ0n) is 11.4. The van der Waals surface area contributed by atoms with Crippen LogP contribution in [0.15, 0.2) is 18.2 Å². The van der Waals surface area contributed by atoms with Crippen LogP contribution in [0.2, 0.25) is 0 Å². The minimum absolute atomic E-state index is 0.824. The lowest BCUT2D eigenvalue weighted by atomic mass is 10.0. The molecule has 1 saturated carbocycles. The lowest BCUT2D eigenvalue weighted by molar-refractivity contribution is 0.600. The summed E-state index contributed by atoms with van der Waals surface area (Å²) in [6.07, 6.45) is 7.39. The predicted octanol–water partition coefficient (Wildman–Crippen LogP) is 3.42. The van der Waals surface area contributed by atoms with E-state index in [4.69, 9.17) is 0 Å². The fourth-order valence-corrected chi connectivity index (χ4v) is 3.21. The molecule has 0 N–H and O–H groups in total. The van der Waals surface area contributed by atoms with Gasteiger partial charge in [-0.25, -0.2) is 8.42 Å². The van der Waals surface area contributed by atoms with Gasteiger partial charge in [0.2, 0.25) is 10.0 Å². The number of sulfonamides is 1. The van der Waals surface area contributed by atoms with Crippen LogP contribution >= 0.6 is 22.6 Å². The van der Waals surface area contributed by atoms with Gasteiger partial charge >= 0.3 is 0 Å². The van der Waals surface area contributed by atoms with Crippen LogP contribution in [0.25, 0.3) is 0 Å². The Labute approximate surface area is 129 Å². The van der Waals surface area contributed by atoms with Gasteiger partial charge in [0.25, 0.3) is 0 Å². The van der Waals surface area contributed by atoms with Gasteiger partial charge in [0.1, 0.15) is 0 Å². The highest BCUT2D eigenvalue weighted by atomic mass is 127. The molecule has 5 heteroatoms. The van der Waals surface area contributed by atoms with Gasteiger partial charge in [-0.3, -0.25) is 4.31 Å². The number of hydrogen-bond donors (Lipinski definition) is 0. The molecular weight excluding hydrogens is 373 g/mol. The smallest absolute Gasteiger partial charge is 0.232 e. The Kier molecular flexibility index (Phi) is 4.76. The highest BCUT2D eigenvalue weighted by Crippen LogP contribution is 2.34. The quantitative estimate of drug-likeness (QED) is 0.695. The van der Waals surface area contributed by atoms with E-state index in [2.05, 4.69) is 28.7 Å². The van der Waals surface area contributed by atoms with Crippen LogP contribution in [0.5, 0.6) is 0 Å². The first-order chi connectivity index (χ1) is 8.88. The van der Waals surface area contributed by atoms with Crippen LogP contribution in [0.1, 0.15) is 31.2 Å². The first-order valence-corrected chi connectivity index (χ1v) is 9.53. The van der Waals surface area contributed by atoms with E-state index in [-0.39, 0.29) is 0 Å². The SMILES string of the molecule is CN(c1cc(I)ccc1CCCC1CC1)S(C)(=O)=O. The summed E-state index contributed by atoms with van der Waals surface area (Å²) in [5.74, 6) is 0.930. The average molecular weight is 393 g/mol. The number of hydrogen-bond acceptors (Lipinski definition) is 2. The third-order valence-electron chi connectivity index (χ3n) is 3.64. The lowest BCUT2D eigenvalue weighted by Crippen LogP contribution is -2.26. The summed E-state index contributed by atoms with van der Waals surface area (Å²) >= 11 is 2.22. The fraction of sp³-hybridized carbons (Fsp3) is 0.571. The molecule has 0 radical (unpaired) electrons. The highest BCUT2D eigenvalue weighted by molar-refractivity contribution is 14.1. The molecule has 3 nitrogen and oxygen atoms in total. The second-order valence-corrected chi connectivity index (χ2v) is 8.60. The summed E-state index contributed by atoms with van der Waals surface area (Å²) < 4.78 is 25.9. The standard InChI is InChI=1S/C14H20INO2S/c1-16(19(2,17)18)14-10-13(15)9-8-12(14)5-3-4-11-6-7-11/h8-11H,3-7H2,1-2H3. The van der Waals surface area contributed by atoms with Gasteiger partial charge in [-0.2, -0.15) is 0 Å². The minimum Gasteiger partial charge on any atom is -0.273 e. The van der Waals surface area contributed by atoms with Crippen molar-refractivity contribution in [3.8, 4) is 0 Å². The van der Waals surface area contributed by atoms with Crippen molar-refractivity contribution in [1.29, 1.82) is 0 Å². The van der Waals surface area contributed by atoms with Gasteiger partial charge < -0.3 is 0 Å². The molecule has 0 unspecified atom stereocenters. The molecule has 19 heavy (non-hydrogen) atoms. The number of aryl methyl sites for hydroxylation is 1. The van der Waals surface area contributed by atoms with E-state index in [0.717, 1.165) is 33.6 Å². The molecule has 0 amide bonds. The molecule has 0 aliphatic heterocycles. The average Bonchev–Trinajstić information content (AvgIpc) is 3.13. The van der Waals surface area contributed by atoms with Crippen molar-refractivity contribution in [3.63, 3.8) is 0 Å². The van der Waals surface area contributed by atoms with Gasteiger partial charge in [0.15, 0.2) is 0 Å². The molecule has 1 aromatic carbocycles. The number of benzene rings is 1. The van der Waals surface area contributed by atoms with Crippen LogP contribution < -0.4 is 4.31 Å². The van der Waals surface area contributed by atoms with Crippen molar-refractivity contribution < 1.29 is 8.42 Å². The van der Waals surface area contributed by atoms with Crippen molar-refractivity contribution in [1.82, 2.24) is 0 Å². The molecule has 1 aliphatic rings. The van der Waals surface area contributed by atoms with Crippen molar-refractivity contribution in [2.45, 2.75) is 32.1 Å². The van der Waals surface area contributed by atoms with E-state index in [1.807, 2.05) is 12.1 Å². The van der Waals surface area contributed by atoms with Gasteiger partial charge in [-0.15, -0.1) is 0 Å². The van der Waals surface area contributed by atoms with Crippen LogP contribution in [0.3, 0.4) is 0 Å². The van der Waals surface area contributed by atoms with Crippen LogP contribution in [0.4, 0.5) is 5.69 Å².